The summed E-state index contributed by atoms with van der Waals surface area (Å²) in [4.78, 5) is 25.0. The third-order valence-corrected chi connectivity index (χ3v) is 6.40. The highest BCUT2D eigenvalue weighted by molar-refractivity contribution is 7.90. The number of carbonyl (C=O) groups is 2. The first-order valence-electron chi connectivity index (χ1n) is 8.23. The molecule has 8 heteroatoms. The van der Waals surface area contributed by atoms with E-state index in [0.717, 1.165) is 25.7 Å². The summed E-state index contributed by atoms with van der Waals surface area (Å²) in [5, 5.41) is 8.44. The van der Waals surface area contributed by atoms with Crippen LogP contribution in [0.4, 0.5) is 0 Å². The molecule has 1 aliphatic carbocycles. The topological polar surface area (TPSA) is 104 Å². The Bertz CT molecular complexity index is 548. The van der Waals surface area contributed by atoms with Gasteiger partial charge in [0.25, 0.3) is 0 Å². The lowest BCUT2D eigenvalue weighted by atomic mass is 10.0. The van der Waals surface area contributed by atoms with Gasteiger partial charge in [-0.15, -0.1) is 0 Å². The van der Waals surface area contributed by atoms with Gasteiger partial charge in [0.15, 0.2) is 0 Å². The zero-order valence-electron chi connectivity index (χ0n) is 13.7. The van der Waals surface area contributed by atoms with E-state index in [4.69, 9.17) is 5.11 Å². The van der Waals surface area contributed by atoms with Gasteiger partial charge < -0.3 is 10.0 Å². The first-order chi connectivity index (χ1) is 10.7. The molecule has 0 spiro atoms. The molecule has 2 N–H and O–H groups in total. The summed E-state index contributed by atoms with van der Waals surface area (Å²) in [6.07, 6.45) is 4.14. The lowest BCUT2D eigenvalue weighted by Gasteiger charge is -2.40. The van der Waals surface area contributed by atoms with E-state index in [9.17, 15) is 18.0 Å². The van der Waals surface area contributed by atoms with Gasteiger partial charge in [-0.1, -0.05) is 26.7 Å². The Labute approximate surface area is 137 Å². The molecule has 0 aromatic heterocycles. The molecule has 2 fully saturated rings. The van der Waals surface area contributed by atoms with Gasteiger partial charge in [0, 0.05) is 19.0 Å². The fourth-order valence-electron chi connectivity index (χ4n) is 3.21. The maximum absolute atomic E-state index is 12.3. The maximum Gasteiger partial charge on any atom is 0.321 e. The van der Waals surface area contributed by atoms with E-state index in [1.165, 1.54) is 0 Å². The van der Waals surface area contributed by atoms with Crippen molar-refractivity contribution in [2.45, 2.75) is 57.2 Å². The van der Waals surface area contributed by atoms with Crippen LogP contribution in [-0.4, -0.2) is 54.7 Å². The molecule has 132 valence electrons. The van der Waals surface area contributed by atoms with Gasteiger partial charge in [0.2, 0.25) is 15.9 Å². The van der Waals surface area contributed by atoms with Crippen LogP contribution in [0.5, 0.6) is 0 Å². The van der Waals surface area contributed by atoms with Gasteiger partial charge in [0.05, 0.1) is 0 Å². The predicted molar refractivity (Wildman–Crippen MR) is 85.3 cm³/mol. The number of nitrogens with zero attached hydrogens (tertiary/aromatic N) is 1. The lowest BCUT2D eigenvalue weighted by molar-refractivity contribution is -0.140. The van der Waals surface area contributed by atoms with Crippen LogP contribution in [0, 0.1) is 11.8 Å². The van der Waals surface area contributed by atoms with Crippen LogP contribution >= 0.6 is 0 Å². The second-order valence-electron chi connectivity index (χ2n) is 7.03. The first-order valence-corrected chi connectivity index (χ1v) is 9.78. The molecule has 1 amide bonds. The fourth-order valence-corrected chi connectivity index (χ4v) is 4.75. The van der Waals surface area contributed by atoms with Gasteiger partial charge in [-0.05, 0) is 25.2 Å². The average molecular weight is 346 g/mol. The fraction of sp³-hybridized carbons (Fsp3) is 0.867. The first kappa shape index (κ1) is 18.2. The van der Waals surface area contributed by atoms with Gasteiger partial charge in [0.1, 0.15) is 11.3 Å². The monoisotopic (exact) mass is 346 g/mol. The third-order valence-electron chi connectivity index (χ3n) is 4.61. The Hall–Kier alpha value is -1.15. The minimum atomic E-state index is -3.73. The molecule has 23 heavy (non-hydrogen) atoms. The number of carboxylic acid groups (broad SMARTS) is 1. The van der Waals surface area contributed by atoms with E-state index in [0.29, 0.717) is 0 Å². The highest BCUT2D eigenvalue weighted by atomic mass is 32.2. The zero-order chi connectivity index (χ0) is 17.2. The highest BCUT2D eigenvalue weighted by Crippen LogP contribution is 2.29. The van der Waals surface area contributed by atoms with Crippen molar-refractivity contribution in [3.05, 3.63) is 0 Å². The van der Waals surface area contributed by atoms with Crippen molar-refractivity contribution in [1.29, 1.82) is 0 Å². The molecule has 0 bridgehead atoms. The maximum atomic E-state index is 12.3. The second-order valence-corrected chi connectivity index (χ2v) is 9.02. The quantitative estimate of drug-likeness (QED) is 0.710. The number of hydrogen-bond acceptors (Lipinski definition) is 4. The Morgan fingerprint density at radius 1 is 1.22 bits per heavy atom. The van der Waals surface area contributed by atoms with Crippen LogP contribution in [0.25, 0.3) is 0 Å². The van der Waals surface area contributed by atoms with E-state index in [-0.39, 0.29) is 37.3 Å². The minimum Gasteiger partial charge on any atom is -0.480 e. The van der Waals surface area contributed by atoms with E-state index < -0.39 is 27.3 Å². The molecule has 2 rings (SSSR count). The molecule has 1 atom stereocenters. The smallest absolute Gasteiger partial charge is 0.321 e. The minimum absolute atomic E-state index is 0.0410. The van der Waals surface area contributed by atoms with Crippen molar-refractivity contribution in [3.63, 3.8) is 0 Å². The average Bonchev–Trinajstić information content (AvgIpc) is 2.88. The number of carboxylic acids is 1. The molecule has 0 radical (unpaired) electrons. The molecule has 0 aromatic carbocycles. The van der Waals surface area contributed by atoms with Crippen molar-refractivity contribution in [2.75, 3.05) is 13.1 Å². The van der Waals surface area contributed by atoms with Crippen LogP contribution in [0.15, 0.2) is 0 Å². The number of nitrogens with one attached hydrogen (secondary N) is 1. The van der Waals surface area contributed by atoms with E-state index in [1.54, 1.807) is 4.90 Å². The number of hydrogen-bond donors (Lipinski definition) is 2. The van der Waals surface area contributed by atoms with Crippen LogP contribution in [0.3, 0.4) is 0 Å². The van der Waals surface area contributed by atoms with E-state index in [1.807, 2.05) is 13.8 Å². The molecule has 7 nitrogen and oxygen atoms in total. The summed E-state index contributed by atoms with van der Waals surface area (Å²) in [5.74, 6) is -1.01. The number of likely N-dealkylation sites (tertiary alicyclic amines) is 1. The number of sulfonamides is 1. The van der Waals surface area contributed by atoms with Crippen LogP contribution in [0.1, 0.15) is 46.0 Å². The normalized spacial score (nSPS) is 21.4. The summed E-state index contributed by atoms with van der Waals surface area (Å²) >= 11 is 0. The Morgan fingerprint density at radius 2 is 1.78 bits per heavy atom. The Morgan fingerprint density at radius 3 is 2.26 bits per heavy atom. The number of aliphatic carboxylic acids is 1. The molecule has 1 aliphatic heterocycles. The SMILES string of the molecule is CC(C)C[C@@H](NS(=O)(=O)C1CN(C(=O)C2CCCC2)C1)C(=O)O. The molecule has 1 heterocycles. The molecule has 0 unspecified atom stereocenters. The van der Waals surface area contributed by atoms with Gasteiger partial charge >= 0.3 is 5.97 Å². The number of rotatable bonds is 7. The predicted octanol–water partition coefficient (Wildman–Crippen LogP) is 0.806. The van der Waals surface area contributed by atoms with E-state index in [2.05, 4.69) is 4.72 Å². The Balaban J connectivity index is 1.89. The molecular weight excluding hydrogens is 320 g/mol. The van der Waals surface area contributed by atoms with E-state index >= 15 is 0 Å². The third kappa shape index (κ3) is 4.44. The van der Waals surface area contributed by atoms with Gasteiger partial charge in [-0.25, -0.2) is 13.1 Å². The number of carbonyl (C=O) groups excluding carboxylic acids is 1. The molecule has 1 saturated carbocycles. The second kappa shape index (κ2) is 7.17. The summed E-state index contributed by atoms with van der Waals surface area (Å²) in [6, 6.07) is -1.11. The van der Waals surface area contributed by atoms with Crippen LogP contribution < -0.4 is 4.72 Å². The lowest BCUT2D eigenvalue weighted by Crippen LogP contribution is -2.61. The van der Waals surface area contributed by atoms with Crippen LogP contribution in [-0.2, 0) is 19.6 Å². The molecule has 2 aliphatic rings. The summed E-state index contributed by atoms with van der Waals surface area (Å²) < 4.78 is 26.9. The Kier molecular flexibility index (Phi) is 5.67. The number of amides is 1. The summed E-state index contributed by atoms with van der Waals surface area (Å²) in [5.41, 5.74) is 0. The highest BCUT2D eigenvalue weighted by Gasteiger charge is 2.43. The molecule has 0 aromatic rings. The largest absolute Gasteiger partial charge is 0.480 e. The van der Waals surface area contributed by atoms with Crippen LogP contribution in [0.2, 0.25) is 0 Å². The molecule has 1 saturated heterocycles. The van der Waals surface area contributed by atoms with Crippen molar-refractivity contribution in [3.8, 4) is 0 Å². The standard InChI is InChI=1S/C15H26N2O5S/c1-10(2)7-13(15(19)20)16-23(21,22)12-8-17(9-12)14(18)11-5-3-4-6-11/h10-13,16H,3-9H2,1-2H3,(H,19,20)/t13-/m1/s1. The summed E-state index contributed by atoms with van der Waals surface area (Å²) in [7, 11) is -3.73. The molecular formula is C15H26N2O5S. The summed E-state index contributed by atoms with van der Waals surface area (Å²) in [6.45, 7) is 4.02. The van der Waals surface area contributed by atoms with Gasteiger partial charge in [-0.3, -0.25) is 9.59 Å². The zero-order valence-corrected chi connectivity index (χ0v) is 14.5. The van der Waals surface area contributed by atoms with Crippen molar-refractivity contribution < 1.29 is 23.1 Å². The van der Waals surface area contributed by atoms with Crippen molar-refractivity contribution in [1.82, 2.24) is 9.62 Å². The van der Waals surface area contributed by atoms with Crippen molar-refractivity contribution in [2.24, 2.45) is 11.8 Å². The van der Waals surface area contributed by atoms with Crippen molar-refractivity contribution >= 4 is 21.9 Å². The van der Waals surface area contributed by atoms with Gasteiger partial charge in [-0.2, -0.15) is 0 Å².